The van der Waals surface area contributed by atoms with Gasteiger partial charge in [-0.15, -0.1) is 0 Å². The molecule has 100 valence electrons. The average Bonchev–Trinajstić information content (AvgIpc) is 2.61. The first-order chi connectivity index (χ1) is 9.31. The lowest BCUT2D eigenvalue weighted by atomic mass is 9.94. The number of nitrogens with one attached hydrogen (secondary N) is 1. The molecule has 1 aromatic rings. The van der Waals surface area contributed by atoms with Crippen molar-refractivity contribution in [3.05, 3.63) is 35.4 Å². The van der Waals surface area contributed by atoms with E-state index in [0.29, 0.717) is 6.04 Å². The Morgan fingerprint density at radius 2 is 1.58 bits per heavy atom. The van der Waals surface area contributed by atoms with Crippen molar-refractivity contribution in [2.24, 2.45) is 0 Å². The minimum absolute atomic E-state index is 0.349. The molecule has 1 saturated carbocycles. The Balaban J connectivity index is 1.73. The zero-order valence-corrected chi connectivity index (χ0v) is 11.5. The van der Waals surface area contributed by atoms with Gasteiger partial charge in [-0.1, -0.05) is 49.9 Å². The second-order valence-electron chi connectivity index (χ2n) is 6.15. The molecule has 1 aromatic carbocycles. The van der Waals surface area contributed by atoms with Crippen molar-refractivity contribution >= 4 is 0 Å². The van der Waals surface area contributed by atoms with Gasteiger partial charge in [0.15, 0.2) is 0 Å². The molecule has 0 saturated heterocycles. The first-order valence-electron chi connectivity index (χ1n) is 7.57. The minimum atomic E-state index is -0.349. The summed E-state index contributed by atoms with van der Waals surface area (Å²) in [7, 11) is 0. The van der Waals surface area contributed by atoms with Gasteiger partial charge in [0.2, 0.25) is 0 Å². The number of nitrogens with zero attached hydrogens (tertiary/aromatic N) is 1. The number of hydrogen-bond acceptors (Lipinski definition) is 2. The highest BCUT2D eigenvalue weighted by molar-refractivity contribution is 5.39. The molecule has 0 spiro atoms. The molecule has 0 unspecified atom stereocenters. The van der Waals surface area contributed by atoms with Gasteiger partial charge < -0.3 is 0 Å². The van der Waals surface area contributed by atoms with Crippen molar-refractivity contribution in [1.29, 1.82) is 5.26 Å². The summed E-state index contributed by atoms with van der Waals surface area (Å²) in [5.41, 5.74) is 2.36. The van der Waals surface area contributed by atoms with Gasteiger partial charge in [0, 0.05) is 18.9 Å². The lowest BCUT2D eigenvalue weighted by Crippen LogP contribution is -2.50. The van der Waals surface area contributed by atoms with Crippen LogP contribution in [0.5, 0.6) is 0 Å². The van der Waals surface area contributed by atoms with E-state index in [1.54, 1.807) is 0 Å². The second kappa shape index (κ2) is 5.35. The molecule has 0 atom stereocenters. The summed E-state index contributed by atoms with van der Waals surface area (Å²) in [5.74, 6) is 0. The van der Waals surface area contributed by atoms with E-state index in [1.807, 2.05) is 0 Å². The van der Waals surface area contributed by atoms with Crippen molar-refractivity contribution in [1.82, 2.24) is 5.32 Å². The Morgan fingerprint density at radius 1 is 1.00 bits per heavy atom. The number of hydrogen-bond donors (Lipinski definition) is 1. The van der Waals surface area contributed by atoms with Gasteiger partial charge in [0.25, 0.3) is 0 Å². The molecule has 3 rings (SSSR count). The van der Waals surface area contributed by atoms with Gasteiger partial charge in [0.05, 0.1) is 6.07 Å². The lowest BCUT2D eigenvalue weighted by Gasteiger charge is -2.28. The first-order valence-corrected chi connectivity index (χ1v) is 7.57. The Hall–Kier alpha value is -1.33. The van der Waals surface area contributed by atoms with Crippen LogP contribution in [0.25, 0.3) is 0 Å². The average molecular weight is 254 g/mol. The first kappa shape index (κ1) is 12.7. The molecular formula is C17H22N2. The van der Waals surface area contributed by atoms with Gasteiger partial charge in [0.1, 0.15) is 5.54 Å². The van der Waals surface area contributed by atoms with Crippen LogP contribution in [0.4, 0.5) is 0 Å². The fraction of sp³-hybridized carbons (Fsp3) is 0.588. The number of rotatable bonds is 2. The monoisotopic (exact) mass is 254 g/mol. The second-order valence-corrected chi connectivity index (χ2v) is 6.15. The van der Waals surface area contributed by atoms with Gasteiger partial charge in [-0.3, -0.25) is 5.32 Å². The molecule has 2 nitrogen and oxygen atoms in total. The van der Waals surface area contributed by atoms with Gasteiger partial charge in [-0.05, 0) is 24.0 Å². The number of nitriles is 1. The van der Waals surface area contributed by atoms with Crippen LogP contribution in [-0.4, -0.2) is 11.6 Å². The molecule has 0 amide bonds. The Morgan fingerprint density at radius 3 is 2.11 bits per heavy atom. The van der Waals surface area contributed by atoms with Crippen LogP contribution in [0.1, 0.15) is 49.7 Å². The van der Waals surface area contributed by atoms with Crippen molar-refractivity contribution < 1.29 is 0 Å². The lowest BCUT2D eigenvalue weighted by molar-refractivity contribution is 0.340. The summed E-state index contributed by atoms with van der Waals surface area (Å²) in [5, 5.41) is 13.4. The summed E-state index contributed by atoms with van der Waals surface area (Å²) < 4.78 is 0. The summed E-state index contributed by atoms with van der Waals surface area (Å²) in [6.07, 6.45) is 9.56. The predicted molar refractivity (Wildman–Crippen MR) is 76.8 cm³/mol. The molecule has 2 aliphatic carbocycles. The third-order valence-corrected chi connectivity index (χ3v) is 4.65. The van der Waals surface area contributed by atoms with E-state index in [-0.39, 0.29) is 5.54 Å². The number of benzene rings is 1. The van der Waals surface area contributed by atoms with E-state index in [4.69, 9.17) is 0 Å². The minimum Gasteiger partial charge on any atom is -0.296 e. The molecule has 0 radical (unpaired) electrons. The summed E-state index contributed by atoms with van der Waals surface area (Å²) in [6, 6.07) is 11.6. The highest BCUT2D eigenvalue weighted by Crippen LogP contribution is 2.31. The SMILES string of the molecule is N#CC1(NC2CCCCCC2)Cc2ccccc2C1. The predicted octanol–water partition coefficient (Wildman–Crippen LogP) is 3.36. The normalized spacial score (nSPS) is 22.5. The maximum absolute atomic E-state index is 9.68. The zero-order chi connectivity index (χ0) is 13.1. The van der Waals surface area contributed by atoms with Crippen molar-refractivity contribution in [3.8, 4) is 6.07 Å². The van der Waals surface area contributed by atoms with Crippen molar-refractivity contribution in [2.45, 2.75) is 62.9 Å². The summed E-state index contributed by atoms with van der Waals surface area (Å²) >= 11 is 0. The van der Waals surface area contributed by atoms with Crippen LogP contribution < -0.4 is 5.32 Å². The third-order valence-electron chi connectivity index (χ3n) is 4.65. The van der Waals surface area contributed by atoms with E-state index in [0.717, 1.165) is 12.8 Å². The van der Waals surface area contributed by atoms with Gasteiger partial charge >= 0.3 is 0 Å². The van der Waals surface area contributed by atoms with E-state index < -0.39 is 0 Å². The molecule has 0 bridgehead atoms. The van der Waals surface area contributed by atoms with Crippen LogP contribution in [0.15, 0.2) is 24.3 Å². The quantitative estimate of drug-likeness (QED) is 0.821. The van der Waals surface area contributed by atoms with Gasteiger partial charge in [-0.2, -0.15) is 5.26 Å². The third kappa shape index (κ3) is 2.67. The van der Waals surface area contributed by atoms with Crippen LogP contribution in [0, 0.1) is 11.3 Å². The highest BCUT2D eigenvalue weighted by Gasteiger charge is 2.38. The van der Waals surface area contributed by atoms with E-state index in [2.05, 4.69) is 35.7 Å². The highest BCUT2D eigenvalue weighted by atomic mass is 15.0. The molecule has 0 heterocycles. The molecule has 2 heteroatoms. The Bertz CT molecular complexity index is 453. The van der Waals surface area contributed by atoms with Crippen LogP contribution in [0.3, 0.4) is 0 Å². The molecular weight excluding hydrogens is 232 g/mol. The van der Waals surface area contributed by atoms with E-state index >= 15 is 0 Å². The Labute approximate surface area is 115 Å². The van der Waals surface area contributed by atoms with Crippen LogP contribution in [-0.2, 0) is 12.8 Å². The molecule has 19 heavy (non-hydrogen) atoms. The van der Waals surface area contributed by atoms with Gasteiger partial charge in [-0.25, -0.2) is 0 Å². The summed E-state index contributed by atoms with van der Waals surface area (Å²) in [6.45, 7) is 0. The zero-order valence-electron chi connectivity index (χ0n) is 11.5. The molecule has 0 aliphatic heterocycles. The fourth-order valence-corrected chi connectivity index (χ4v) is 3.64. The van der Waals surface area contributed by atoms with Crippen molar-refractivity contribution in [3.63, 3.8) is 0 Å². The fourth-order valence-electron chi connectivity index (χ4n) is 3.64. The molecule has 1 N–H and O–H groups in total. The molecule has 0 aromatic heterocycles. The smallest absolute Gasteiger partial charge is 0.115 e. The molecule has 2 aliphatic rings. The van der Waals surface area contributed by atoms with E-state index in [9.17, 15) is 5.26 Å². The molecule has 1 fully saturated rings. The van der Waals surface area contributed by atoms with Crippen molar-refractivity contribution in [2.75, 3.05) is 0 Å². The van der Waals surface area contributed by atoms with Crippen LogP contribution in [0.2, 0.25) is 0 Å². The topological polar surface area (TPSA) is 35.8 Å². The summed E-state index contributed by atoms with van der Waals surface area (Å²) in [4.78, 5) is 0. The van der Waals surface area contributed by atoms with Crippen LogP contribution >= 0.6 is 0 Å². The van der Waals surface area contributed by atoms with E-state index in [1.165, 1.54) is 49.7 Å². The largest absolute Gasteiger partial charge is 0.296 e. The maximum atomic E-state index is 9.68. The Kier molecular flexibility index (Phi) is 3.57. The standard InChI is InChI=1S/C17H22N2/c18-13-17(19-16-9-3-1-2-4-10-16)11-14-7-5-6-8-15(14)12-17/h5-8,16,19H,1-4,9-12H2. The maximum Gasteiger partial charge on any atom is 0.115 e. The number of fused-ring (bicyclic) bond motifs is 1.